The molecule has 34 heavy (non-hydrogen) atoms. The molecule has 0 unspecified atom stereocenters. The second-order valence-corrected chi connectivity index (χ2v) is 10.1. The average molecular weight is 475 g/mol. The van der Waals surface area contributed by atoms with E-state index in [4.69, 9.17) is 4.98 Å². The van der Waals surface area contributed by atoms with E-state index >= 15 is 0 Å². The van der Waals surface area contributed by atoms with Gasteiger partial charge in [0.15, 0.2) is 0 Å². The number of pyridine rings is 1. The van der Waals surface area contributed by atoms with Gasteiger partial charge in [0.25, 0.3) is 0 Å². The van der Waals surface area contributed by atoms with Crippen LogP contribution >= 0.6 is 11.8 Å². The first-order valence-corrected chi connectivity index (χ1v) is 12.7. The fraction of sp³-hybridized carbons (Fsp3) is 0.333. The van der Waals surface area contributed by atoms with Crippen LogP contribution in [-0.2, 0) is 6.54 Å². The van der Waals surface area contributed by atoms with Gasteiger partial charge in [0, 0.05) is 42.8 Å². The Bertz CT molecular complexity index is 1130. The Kier molecular flexibility index (Phi) is 6.74. The van der Waals surface area contributed by atoms with E-state index in [2.05, 4.69) is 46.3 Å². The summed E-state index contributed by atoms with van der Waals surface area (Å²) in [6.45, 7) is 5.58. The number of carbonyl (C=O) groups is 1. The summed E-state index contributed by atoms with van der Waals surface area (Å²) in [6.07, 6.45) is 1.97. The van der Waals surface area contributed by atoms with Crippen LogP contribution in [0.3, 0.4) is 0 Å². The molecule has 2 saturated heterocycles. The highest BCUT2D eigenvalue weighted by Crippen LogP contribution is 2.32. The van der Waals surface area contributed by atoms with Gasteiger partial charge in [-0.15, -0.1) is 0 Å². The lowest BCUT2D eigenvalue weighted by Gasteiger charge is -2.39. The molecule has 2 amide bonds. The molecule has 3 aromatic rings. The molecule has 2 aliphatic heterocycles. The van der Waals surface area contributed by atoms with E-state index in [0.717, 1.165) is 48.1 Å². The molecule has 0 saturated carbocycles. The van der Waals surface area contributed by atoms with Crippen molar-refractivity contribution in [3.05, 3.63) is 83.6 Å². The number of aromatic nitrogens is 1. The summed E-state index contributed by atoms with van der Waals surface area (Å²) in [4.78, 5) is 23.0. The molecule has 0 spiro atoms. The van der Waals surface area contributed by atoms with Crippen LogP contribution in [0.2, 0.25) is 0 Å². The van der Waals surface area contributed by atoms with Gasteiger partial charge in [0.1, 0.15) is 10.8 Å². The van der Waals surface area contributed by atoms with Crippen molar-refractivity contribution in [2.75, 3.05) is 19.6 Å². The van der Waals surface area contributed by atoms with E-state index < -0.39 is 0 Å². The van der Waals surface area contributed by atoms with Gasteiger partial charge in [-0.25, -0.2) is 9.78 Å². The molecule has 176 valence electrons. The highest BCUT2D eigenvalue weighted by Gasteiger charge is 2.38. The number of hydrogen-bond donors (Lipinski definition) is 2. The van der Waals surface area contributed by atoms with Crippen molar-refractivity contribution >= 4 is 17.8 Å². The van der Waals surface area contributed by atoms with Crippen molar-refractivity contribution in [2.24, 2.45) is 0 Å². The van der Waals surface area contributed by atoms with E-state index in [1.807, 2.05) is 30.3 Å². The van der Waals surface area contributed by atoms with Crippen molar-refractivity contribution in [3.63, 3.8) is 0 Å². The number of benzene rings is 2. The molecule has 2 fully saturated rings. The number of piperidine rings is 1. The Balaban J connectivity index is 1.18. The van der Waals surface area contributed by atoms with Gasteiger partial charge in [-0.1, -0.05) is 48.2 Å². The molecule has 0 radical (unpaired) electrons. The predicted molar refractivity (Wildman–Crippen MR) is 134 cm³/mol. The molecule has 2 aromatic carbocycles. The number of nitrogens with zero attached hydrogens (tertiary/aromatic N) is 3. The largest absolute Gasteiger partial charge is 0.508 e. The lowest BCUT2D eigenvalue weighted by atomic mass is 9.98. The van der Waals surface area contributed by atoms with Crippen LogP contribution in [0.4, 0.5) is 4.79 Å². The average Bonchev–Trinajstić information content (AvgIpc) is 3.24. The second kappa shape index (κ2) is 10.1. The van der Waals surface area contributed by atoms with Gasteiger partial charge in [0.2, 0.25) is 0 Å². The zero-order chi connectivity index (χ0) is 23.5. The van der Waals surface area contributed by atoms with Gasteiger partial charge in [0.05, 0.1) is 6.04 Å². The van der Waals surface area contributed by atoms with Crippen molar-refractivity contribution in [2.45, 2.75) is 48.3 Å². The van der Waals surface area contributed by atoms with Crippen molar-refractivity contribution in [3.8, 4) is 5.75 Å². The van der Waals surface area contributed by atoms with Crippen LogP contribution in [0, 0.1) is 6.92 Å². The minimum atomic E-state index is 0.0639. The highest BCUT2D eigenvalue weighted by molar-refractivity contribution is 7.99. The summed E-state index contributed by atoms with van der Waals surface area (Å²) in [6, 6.07) is 22.2. The second-order valence-electron chi connectivity index (χ2n) is 9.02. The Hall–Kier alpha value is -3.03. The first-order chi connectivity index (χ1) is 16.6. The number of urea groups is 1. The van der Waals surface area contributed by atoms with Crippen LogP contribution in [0.25, 0.3) is 0 Å². The molecular formula is C27H30N4O2S. The van der Waals surface area contributed by atoms with Crippen LogP contribution < -0.4 is 5.32 Å². The fourth-order valence-electron chi connectivity index (χ4n) is 4.91. The zero-order valence-electron chi connectivity index (χ0n) is 19.4. The molecule has 0 aliphatic carbocycles. The molecule has 2 N–H and O–H groups in total. The third-order valence-electron chi connectivity index (χ3n) is 6.77. The maximum absolute atomic E-state index is 12.6. The smallest absolute Gasteiger partial charge is 0.318 e. The summed E-state index contributed by atoms with van der Waals surface area (Å²) in [5.74, 6) is 0.272. The number of rotatable bonds is 6. The number of amides is 2. The number of nitrogens with one attached hydrogen (secondary N) is 1. The molecule has 1 atom stereocenters. The van der Waals surface area contributed by atoms with Crippen molar-refractivity contribution in [1.29, 1.82) is 0 Å². The lowest BCUT2D eigenvalue weighted by Crippen LogP contribution is -2.46. The minimum absolute atomic E-state index is 0.0639. The first kappa shape index (κ1) is 22.7. The quantitative estimate of drug-likeness (QED) is 0.528. The maximum Gasteiger partial charge on any atom is 0.318 e. The standard InChI is InChI=1S/C27H30N4O2S/c1-19-21(7-12-26(29-19)34-24-10-8-23(32)9-11-24)18-30-15-13-22(14-16-30)31-25(17-28-27(31)33)20-5-3-2-4-6-20/h2-12,22,25,32H,13-18H2,1H3,(H,28,33)/t25-/m0/s1. The molecule has 2 aliphatic rings. The van der Waals surface area contributed by atoms with Crippen LogP contribution in [0.1, 0.15) is 35.7 Å². The van der Waals surface area contributed by atoms with Crippen LogP contribution in [-0.4, -0.2) is 51.6 Å². The maximum atomic E-state index is 12.6. The third kappa shape index (κ3) is 5.05. The lowest BCUT2D eigenvalue weighted by molar-refractivity contribution is 0.112. The topological polar surface area (TPSA) is 68.7 Å². The van der Waals surface area contributed by atoms with Crippen LogP contribution in [0.5, 0.6) is 5.75 Å². The summed E-state index contributed by atoms with van der Waals surface area (Å²) in [5.41, 5.74) is 3.50. The van der Waals surface area contributed by atoms with E-state index in [-0.39, 0.29) is 23.9 Å². The Morgan fingerprint density at radius 1 is 1.03 bits per heavy atom. The number of hydrogen-bond acceptors (Lipinski definition) is 5. The number of likely N-dealkylation sites (tertiary alicyclic amines) is 1. The monoisotopic (exact) mass is 474 g/mol. The molecule has 5 rings (SSSR count). The molecule has 3 heterocycles. The Labute approximate surface area is 205 Å². The van der Waals surface area contributed by atoms with Crippen molar-refractivity contribution < 1.29 is 9.90 Å². The number of phenols is 1. The van der Waals surface area contributed by atoms with Gasteiger partial charge >= 0.3 is 6.03 Å². The Morgan fingerprint density at radius 2 is 1.76 bits per heavy atom. The fourth-order valence-corrected chi connectivity index (χ4v) is 5.74. The molecule has 0 bridgehead atoms. The molecule has 1 aromatic heterocycles. The van der Waals surface area contributed by atoms with E-state index in [9.17, 15) is 9.90 Å². The van der Waals surface area contributed by atoms with Crippen molar-refractivity contribution in [1.82, 2.24) is 20.1 Å². The van der Waals surface area contributed by atoms with E-state index in [1.165, 1.54) is 11.1 Å². The summed E-state index contributed by atoms with van der Waals surface area (Å²) in [5, 5.41) is 13.5. The third-order valence-corrected chi connectivity index (χ3v) is 7.72. The molecule has 7 heteroatoms. The normalized spacial score (nSPS) is 19.4. The first-order valence-electron chi connectivity index (χ1n) is 11.8. The minimum Gasteiger partial charge on any atom is -0.508 e. The Morgan fingerprint density at radius 3 is 2.47 bits per heavy atom. The highest BCUT2D eigenvalue weighted by atomic mass is 32.2. The zero-order valence-corrected chi connectivity index (χ0v) is 20.2. The summed E-state index contributed by atoms with van der Waals surface area (Å²) >= 11 is 1.60. The number of phenolic OH excluding ortho intramolecular Hbond substituents is 1. The number of carbonyl (C=O) groups excluding carboxylic acids is 1. The SMILES string of the molecule is Cc1nc(Sc2ccc(O)cc2)ccc1CN1CCC(N2C(=O)NC[C@H]2c2ccccc2)CC1. The van der Waals surface area contributed by atoms with Gasteiger partial charge in [-0.05, 0) is 61.2 Å². The van der Waals surface area contributed by atoms with Crippen LogP contribution in [0.15, 0.2) is 76.7 Å². The van der Waals surface area contributed by atoms with E-state index in [1.54, 1.807) is 23.9 Å². The summed E-state index contributed by atoms with van der Waals surface area (Å²) < 4.78 is 0. The predicted octanol–water partition coefficient (Wildman–Crippen LogP) is 4.98. The number of aromatic hydroxyl groups is 1. The van der Waals surface area contributed by atoms with E-state index in [0.29, 0.717) is 6.54 Å². The van der Waals surface area contributed by atoms with Gasteiger partial charge in [-0.3, -0.25) is 4.90 Å². The number of aryl methyl sites for hydroxylation is 1. The molecular weight excluding hydrogens is 444 g/mol. The van der Waals surface area contributed by atoms with Gasteiger partial charge in [-0.2, -0.15) is 0 Å². The summed E-state index contributed by atoms with van der Waals surface area (Å²) in [7, 11) is 0. The van der Waals surface area contributed by atoms with Gasteiger partial charge < -0.3 is 15.3 Å². The molecule has 6 nitrogen and oxygen atoms in total.